The zero-order valence-corrected chi connectivity index (χ0v) is 15.0. The average molecular weight is 454 g/mol. The van der Waals surface area contributed by atoms with Crippen molar-refractivity contribution < 1.29 is 19.0 Å². The molecule has 2 aliphatic heterocycles. The Hall–Kier alpha value is -2.06. The van der Waals surface area contributed by atoms with Gasteiger partial charge in [0.1, 0.15) is 0 Å². The van der Waals surface area contributed by atoms with Crippen LogP contribution in [0, 0.1) is 3.57 Å². The number of hydrogen-bond acceptors (Lipinski definition) is 5. The van der Waals surface area contributed by atoms with Gasteiger partial charge in [0.25, 0.3) is 0 Å². The van der Waals surface area contributed by atoms with Gasteiger partial charge in [-0.2, -0.15) is 0 Å². The minimum atomic E-state index is -0.516. The highest BCUT2D eigenvalue weighted by Gasteiger charge is 2.25. The Morgan fingerprint density at radius 1 is 1.12 bits per heavy atom. The van der Waals surface area contributed by atoms with E-state index in [1.807, 2.05) is 24.3 Å². The molecule has 120 valence electrons. The fraction of sp³-hybridized carbons (Fsp3) is 0.0588. The second kappa shape index (κ2) is 6.10. The summed E-state index contributed by atoms with van der Waals surface area (Å²) in [6.07, 6.45) is 1.58. The van der Waals surface area contributed by atoms with Gasteiger partial charge in [0.2, 0.25) is 12.7 Å². The van der Waals surface area contributed by atoms with Crippen LogP contribution in [0.15, 0.2) is 47.1 Å². The molecule has 0 aromatic heterocycles. The molecule has 0 atom stereocenters. The van der Waals surface area contributed by atoms with Crippen LogP contribution < -0.4 is 9.47 Å². The summed E-state index contributed by atoms with van der Waals surface area (Å²) in [7, 11) is 0. The Morgan fingerprint density at radius 3 is 2.58 bits per heavy atom. The third-order valence-electron chi connectivity index (χ3n) is 3.50. The van der Waals surface area contributed by atoms with E-state index in [2.05, 4.69) is 27.6 Å². The first kappa shape index (κ1) is 15.5. The molecule has 7 heteroatoms. The molecule has 0 bridgehead atoms. The molecule has 0 spiro atoms. The van der Waals surface area contributed by atoms with Crippen molar-refractivity contribution in [1.29, 1.82) is 0 Å². The number of cyclic esters (lactones) is 1. The molecule has 5 nitrogen and oxygen atoms in total. The first-order valence-corrected chi connectivity index (χ1v) is 8.43. The number of carbonyl (C=O) groups is 1. The minimum Gasteiger partial charge on any atom is -0.454 e. The summed E-state index contributed by atoms with van der Waals surface area (Å²) in [5, 5.41) is 0.442. The van der Waals surface area contributed by atoms with Gasteiger partial charge in [0, 0.05) is 15.2 Å². The molecule has 0 aliphatic carbocycles. The number of hydrogen-bond donors (Lipinski definition) is 0. The largest absolute Gasteiger partial charge is 0.454 e. The zero-order valence-electron chi connectivity index (χ0n) is 12.1. The summed E-state index contributed by atoms with van der Waals surface area (Å²) < 4.78 is 16.9. The molecule has 0 radical (unpaired) electrons. The van der Waals surface area contributed by atoms with E-state index < -0.39 is 5.97 Å². The number of esters is 1. The van der Waals surface area contributed by atoms with E-state index >= 15 is 0 Å². The number of benzene rings is 2. The van der Waals surface area contributed by atoms with Crippen molar-refractivity contribution in [3.8, 4) is 11.5 Å². The third-order valence-corrected chi connectivity index (χ3v) is 4.54. The maximum Gasteiger partial charge on any atom is 0.363 e. The number of fused-ring (bicyclic) bond motifs is 1. The molecule has 4 rings (SSSR count). The van der Waals surface area contributed by atoms with Crippen LogP contribution >= 0.6 is 34.2 Å². The van der Waals surface area contributed by atoms with Gasteiger partial charge in [-0.25, -0.2) is 9.79 Å². The van der Waals surface area contributed by atoms with Gasteiger partial charge in [-0.05, 0) is 64.6 Å². The smallest absolute Gasteiger partial charge is 0.363 e. The van der Waals surface area contributed by atoms with Crippen LogP contribution in [0.2, 0.25) is 5.02 Å². The first-order valence-electron chi connectivity index (χ1n) is 6.98. The standard InChI is InChI=1S/C17H9ClINO4/c18-12-7-15-14(22-8-23-15)6-10(12)5-13-17(21)24-16(20-13)9-1-3-11(19)4-2-9/h1-7H,8H2. The maximum absolute atomic E-state index is 12.1. The molecule has 2 aliphatic rings. The lowest BCUT2D eigenvalue weighted by Gasteiger charge is -2.01. The summed E-state index contributed by atoms with van der Waals surface area (Å²) in [5.41, 5.74) is 1.54. The van der Waals surface area contributed by atoms with Crippen LogP contribution in [0.1, 0.15) is 11.1 Å². The predicted molar refractivity (Wildman–Crippen MR) is 97.3 cm³/mol. The fourth-order valence-corrected chi connectivity index (χ4v) is 2.88. The van der Waals surface area contributed by atoms with Crippen molar-refractivity contribution >= 4 is 52.1 Å². The van der Waals surface area contributed by atoms with Gasteiger partial charge in [0.05, 0.1) is 5.02 Å². The molecule has 0 amide bonds. The second-order valence-corrected chi connectivity index (χ2v) is 6.72. The number of rotatable bonds is 2. The third kappa shape index (κ3) is 2.87. The monoisotopic (exact) mass is 453 g/mol. The zero-order chi connectivity index (χ0) is 16.7. The topological polar surface area (TPSA) is 57.1 Å². The molecular formula is C17H9ClINO4. The highest BCUT2D eigenvalue weighted by Crippen LogP contribution is 2.38. The number of halogens is 2. The average Bonchev–Trinajstić information content (AvgIpc) is 3.15. The van der Waals surface area contributed by atoms with Gasteiger partial charge >= 0.3 is 5.97 Å². The molecule has 0 unspecified atom stereocenters. The molecule has 2 aromatic carbocycles. The Kier molecular flexibility index (Phi) is 3.93. The Morgan fingerprint density at radius 2 is 1.83 bits per heavy atom. The van der Waals surface area contributed by atoms with Gasteiger partial charge < -0.3 is 14.2 Å². The molecule has 0 saturated carbocycles. The van der Waals surface area contributed by atoms with Crippen LogP contribution in [0.4, 0.5) is 0 Å². The maximum atomic E-state index is 12.1. The SMILES string of the molecule is O=C1OC(c2ccc(I)cc2)=NC1=Cc1cc2c(cc1Cl)OCO2. The predicted octanol–water partition coefficient (Wildman–Crippen LogP) is 4.02. The minimum absolute atomic E-state index is 0.156. The van der Waals surface area contributed by atoms with Crippen molar-refractivity contribution in [2.45, 2.75) is 0 Å². The highest BCUT2D eigenvalue weighted by atomic mass is 127. The van der Waals surface area contributed by atoms with E-state index in [0.717, 1.165) is 9.13 Å². The van der Waals surface area contributed by atoms with Crippen molar-refractivity contribution in [1.82, 2.24) is 0 Å². The lowest BCUT2D eigenvalue weighted by molar-refractivity contribution is -0.129. The molecule has 2 aromatic rings. The molecule has 2 heterocycles. The normalized spacial score (nSPS) is 17.2. The summed E-state index contributed by atoms with van der Waals surface area (Å²) >= 11 is 8.43. The van der Waals surface area contributed by atoms with Crippen LogP contribution in [-0.4, -0.2) is 18.7 Å². The van der Waals surface area contributed by atoms with Gasteiger partial charge in [-0.15, -0.1) is 0 Å². The van der Waals surface area contributed by atoms with E-state index in [1.165, 1.54) is 0 Å². The van der Waals surface area contributed by atoms with Crippen LogP contribution in [0.3, 0.4) is 0 Å². The molecule has 0 N–H and O–H groups in total. The van der Waals surface area contributed by atoms with E-state index in [0.29, 0.717) is 22.1 Å². The summed E-state index contributed by atoms with van der Waals surface area (Å²) in [6.45, 7) is 0.156. The van der Waals surface area contributed by atoms with E-state index in [4.69, 9.17) is 25.8 Å². The Bertz CT molecular complexity index is 906. The van der Waals surface area contributed by atoms with Gasteiger partial charge in [-0.3, -0.25) is 0 Å². The molecule has 24 heavy (non-hydrogen) atoms. The van der Waals surface area contributed by atoms with Crippen molar-refractivity contribution in [2.75, 3.05) is 6.79 Å². The summed E-state index contributed by atoms with van der Waals surface area (Å²) in [5.74, 6) is 0.926. The lowest BCUT2D eigenvalue weighted by atomic mass is 10.1. The van der Waals surface area contributed by atoms with Crippen LogP contribution in [0.5, 0.6) is 11.5 Å². The number of aliphatic imine (C=N–C) groups is 1. The van der Waals surface area contributed by atoms with Crippen LogP contribution in [0.25, 0.3) is 6.08 Å². The van der Waals surface area contributed by atoms with E-state index in [9.17, 15) is 4.79 Å². The molecule has 0 saturated heterocycles. The number of nitrogens with zero attached hydrogens (tertiary/aromatic N) is 1. The molecule has 0 fully saturated rings. The Labute approximate surface area is 156 Å². The summed E-state index contributed by atoms with van der Waals surface area (Å²) in [4.78, 5) is 16.3. The molecular weight excluding hydrogens is 445 g/mol. The highest BCUT2D eigenvalue weighted by molar-refractivity contribution is 14.1. The quantitative estimate of drug-likeness (QED) is 0.392. The second-order valence-electron chi connectivity index (χ2n) is 5.07. The Balaban J connectivity index is 1.70. The van der Waals surface area contributed by atoms with Gasteiger partial charge in [0.15, 0.2) is 17.2 Å². The van der Waals surface area contributed by atoms with Crippen molar-refractivity contribution in [3.63, 3.8) is 0 Å². The number of ether oxygens (including phenoxy) is 3. The number of carbonyl (C=O) groups excluding carboxylic acids is 1. The lowest BCUT2D eigenvalue weighted by Crippen LogP contribution is -2.05. The van der Waals surface area contributed by atoms with Crippen molar-refractivity contribution in [3.05, 3.63) is 61.8 Å². The first-order chi connectivity index (χ1) is 11.6. The van der Waals surface area contributed by atoms with Gasteiger partial charge in [-0.1, -0.05) is 11.6 Å². The van der Waals surface area contributed by atoms with E-state index in [-0.39, 0.29) is 18.4 Å². The van der Waals surface area contributed by atoms with E-state index in [1.54, 1.807) is 18.2 Å². The summed E-state index contributed by atoms with van der Waals surface area (Å²) in [6, 6.07) is 10.9. The fourth-order valence-electron chi connectivity index (χ4n) is 2.32. The van der Waals surface area contributed by atoms with Crippen LogP contribution in [-0.2, 0) is 9.53 Å². The van der Waals surface area contributed by atoms with Crippen molar-refractivity contribution in [2.24, 2.45) is 4.99 Å².